The fourth-order valence-electron chi connectivity index (χ4n) is 2.93. The monoisotopic (exact) mass is 343 g/mol. The molecule has 1 atom stereocenters. The van der Waals surface area contributed by atoms with E-state index >= 15 is 0 Å². The number of hydrogen-bond acceptors (Lipinski definition) is 6. The van der Waals surface area contributed by atoms with Crippen LogP contribution in [0.25, 0.3) is 5.65 Å². The molecule has 1 aliphatic heterocycles. The van der Waals surface area contributed by atoms with Crippen molar-refractivity contribution in [2.75, 3.05) is 26.3 Å². The van der Waals surface area contributed by atoms with Crippen LogP contribution >= 0.6 is 11.3 Å². The SMILES string of the molecule is O=C(c1cscn1)N1CCOCC(Cc2ccc3nccn3n2)C1. The van der Waals surface area contributed by atoms with E-state index < -0.39 is 0 Å². The van der Waals surface area contributed by atoms with Crippen LogP contribution in [0, 0.1) is 5.92 Å². The molecule has 1 unspecified atom stereocenters. The molecule has 1 fully saturated rings. The van der Waals surface area contributed by atoms with E-state index in [1.54, 1.807) is 21.6 Å². The average Bonchev–Trinajstić information content (AvgIpc) is 3.23. The second-order valence-corrected chi connectivity index (χ2v) is 6.54. The zero-order valence-electron chi connectivity index (χ0n) is 13.0. The quantitative estimate of drug-likeness (QED) is 0.721. The van der Waals surface area contributed by atoms with Gasteiger partial charge in [0.25, 0.3) is 5.91 Å². The molecule has 0 bridgehead atoms. The number of imidazole rings is 1. The molecule has 0 aliphatic carbocycles. The highest BCUT2D eigenvalue weighted by atomic mass is 32.1. The molecular weight excluding hydrogens is 326 g/mol. The van der Waals surface area contributed by atoms with Gasteiger partial charge in [0.15, 0.2) is 5.65 Å². The van der Waals surface area contributed by atoms with E-state index in [9.17, 15) is 4.79 Å². The van der Waals surface area contributed by atoms with Gasteiger partial charge in [0, 0.05) is 36.8 Å². The summed E-state index contributed by atoms with van der Waals surface area (Å²) in [6, 6.07) is 3.94. The van der Waals surface area contributed by atoms with Gasteiger partial charge in [0.1, 0.15) is 5.69 Å². The molecule has 4 rings (SSSR count). The maximum absolute atomic E-state index is 12.5. The number of ether oxygens (including phenoxy) is 1. The smallest absolute Gasteiger partial charge is 0.273 e. The van der Waals surface area contributed by atoms with Gasteiger partial charge in [-0.1, -0.05) is 0 Å². The Morgan fingerprint density at radius 1 is 1.38 bits per heavy atom. The third-order valence-corrected chi connectivity index (χ3v) is 4.67. The number of thiazole rings is 1. The Morgan fingerprint density at radius 3 is 3.21 bits per heavy atom. The highest BCUT2D eigenvalue weighted by Gasteiger charge is 2.25. The van der Waals surface area contributed by atoms with Crippen LogP contribution in [0.15, 0.2) is 35.4 Å². The van der Waals surface area contributed by atoms with Crippen molar-refractivity contribution in [3.8, 4) is 0 Å². The van der Waals surface area contributed by atoms with Gasteiger partial charge in [-0.15, -0.1) is 11.3 Å². The van der Waals surface area contributed by atoms with Crippen LogP contribution < -0.4 is 0 Å². The number of aromatic nitrogens is 4. The van der Waals surface area contributed by atoms with Crippen LogP contribution in [0.5, 0.6) is 0 Å². The molecule has 8 heteroatoms. The lowest BCUT2D eigenvalue weighted by atomic mass is 10.0. The third kappa shape index (κ3) is 3.15. The van der Waals surface area contributed by atoms with Crippen molar-refractivity contribution in [3.63, 3.8) is 0 Å². The van der Waals surface area contributed by atoms with Gasteiger partial charge in [0.05, 0.1) is 24.4 Å². The van der Waals surface area contributed by atoms with Crippen LogP contribution in [0.4, 0.5) is 0 Å². The van der Waals surface area contributed by atoms with Crippen LogP contribution in [0.1, 0.15) is 16.2 Å². The Kier molecular flexibility index (Phi) is 4.22. The lowest BCUT2D eigenvalue weighted by Gasteiger charge is -2.22. The van der Waals surface area contributed by atoms with E-state index in [0.717, 1.165) is 17.8 Å². The molecule has 0 radical (unpaired) electrons. The van der Waals surface area contributed by atoms with Crippen molar-refractivity contribution < 1.29 is 9.53 Å². The summed E-state index contributed by atoms with van der Waals surface area (Å²) in [5, 5.41) is 6.35. The van der Waals surface area contributed by atoms with Crippen molar-refractivity contribution >= 4 is 22.9 Å². The Balaban J connectivity index is 1.48. The molecule has 0 aromatic carbocycles. The van der Waals surface area contributed by atoms with Gasteiger partial charge in [-0.2, -0.15) is 5.10 Å². The summed E-state index contributed by atoms with van der Waals surface area (Å²) >= 11 is 1.43. The maximum Gasteiger partial charge on any atom is 0.273 e. The molecule has 0 spiro atoms. The van der Waals surface area contributed by atoms with E-state index in [1.807, 2.05) is 23.2 Å². The second-order valence-electron chi connectivity index (χ2n) is 5.82. The van der Waals surface area contributed by atoms with E-state index in [-0.39, 0.29) is 11.8 Å². The Morgan fingerprint density at radius 2 is 2.33 bits per heavy atom. The first-order chi connectivity index (χ1) is 11.8. The molecule has 3 aromatic rings. The molecule has 4 heterocycles. The van der Waals surface area contributed by atoms with Crippen LogP contribution in [0.2, 0.25) is 0 Å². The minimum Gasteiger partial charge on any atom is -0.379 e. The largest absolute Gasteiger partial charge is 0.379 e. The number of nitrogens with zero attached hydrogens (tertiary/aromatic N) is 5. The van der Waals surface area contributed by atoms with Gasteiger partial charge in [-0.25, -0.2) is 14.5 Å². The van der Waals surface area contributed by atoms with Crippen molar-refractivity contribution in [3.05, 3.63) is 46.8 Å². The number of rotatable bonds is 3. The molecular formula is C16H17N5O2S. The summed E-state index contributed by atoms with van der Waals surface area (Å²) in [6.45, 7) is 2.44. The molecule has 1 amide bonds. The maximum atomic E-state index is 12.5. The summed E-state index contributed by atoms with van der Waals surface area (Å²) in [5.41, 5.74) is 4.00. The summed E-state index contributed by atoms with van der Waals surface area (Å²) in [7, 11) is 0. The first-order valence-electron chi connectivity index (χ1n) is 7.84. The zero-order chi connectivity index (χ0) is 16.4. The summed E-state index contributed by atoms with van der Waals surface area (Å²) < 4.78 is 7.46. The summed E-state index contributed by atoms with van der Waals surface area (Å²) in [6.07, 6.45) is 4.32. The van der Waals surface area contributed by atoms with Crippen molar-refractivity contribution in [2.45, 2.75) is 6.42 Å². The van der Waals surface area contributed by atoms with Crippen molar-refractivity contribution in [1.29, 1.82) is 0 Å². The van der Waals surface area contributed by atoms with Crippen LogP contribution in [-0.2, 0) is 11.2 Å². The number of hydrogen-bond donors (Lipinski definition) is 0. The minimum atomic E-state index is -0.0234. The van der Waals surface area contributed by atoms with Crippen molar-refractivity contribution in [1.82, 2.24) is 24.5 Å². The Labute approximate surface area is 142 Å². The number of amides is 1. The lowest BCUT2D eigenvalue weighted by molar-refractivity contribution is 0.0732. The molecule has 3 aromatic heterocycles. The molecule has 1 saturated heterocycles. The van der Waals surface area contributed by atoms with E-state index in [1.165, 1.54) is 11.3 Å². The van der Waals surface area contributed by atoms with Gasteiger partial charge < -0.3 is 9.64 Å². The van der Waals surface area contributed by atoms with E-state index in [2.05, 4.69) is 15.1 Å². The molecule has 24 heavy (non-hydrogen) atoms. The highest BCUT2D eigenvalue weighted by molar-refractivity contribution is 7.07. The first-order valence-corrected chi connectivity index (χ1v) is 8.78. The molecule has 0 N–H and O–H groups in total. The lowest BCUT2D eigenvalue weighted by Crippen LogP contribution is -2.36. The topological polar surface area (TPSA) is 72.6 Å². The standard InChI is InChI=1S/C16H17N5O2S/c22-16(14-10-24-11-18-14)20-5-6-23-9-12(8-20)7-13-1-2-15-17-3-4-21(15)19-13/h1-4,10-12H,5-9H2. The Bertz CT molecular complexity index is 832. The van der Waals surface area contributed by atoms with Gasteiger partial charge in [-0.3, -0.25) is 4.79 Å². The predicted octanol–water partition coefficient (Wildman–Crippen LogP) is 1.52. The Hall–Kier alpha value is -2.32. The summed E-state index contributed by atoms with van der Waals surface area (Å²) in [4.78, 5) is 22.7. The first kappa shape index (κ1) is 15.2. The molecule has 1 aliphatic rings. The van der Waals surface area contributed by atoms with Crippen molar-refractivity contribution in [2.24, 2.45) is 5.92 Å². The highest BCUT2D eigenvalue weighted by Crippen LogP contribution is 2.15. The van der Waals surface area contributed by atoms with E-state index in [4.69, 9.17) is 4.74 Å². The summed E-state index contributed by atoms with van der Waals surface area (Å²) in [5.74, 6) is 0.188. The number of carbonyl (C=O) groups excluding carboxylic acids is 1. The fourth-order valence-corrected chi connectivity index (χ4v) is 3.45. The van der Waals surface area contributed by atoms with Crippen LogP contribution in [-0.4, -0.2) is 56.7 Å². The average molecular weight is 343 g/mol. The minimum absolute atomic E-state index is 0.0234. The normalized spacial score (nSPS) is 18.7. The van der Waals surface area contributed by atoms with Gasteiger partial charge in [-0.05, 0) is 18.6 Å². The van der Waals surface area contributed by atoms with Gasteiger partial charge >= 0.3 is 0 Å². The molecule has 7 nitrogen and oxygen atoms in total. The number of carbonyl (C=O) groups is 1. The van der Waals surface area contributed by atoms with E-state index in [0.29, 0.717) is 32.0 Å². The van der Waals surface area contributed by atoms with Crippen LogP contribution in [0.3, 0.4) is 0 Å². The molecule has 124 valence electrons. The predicted molar refractivity (Wildman–Crippen MR) is 89.0 cm³/mol. The fraction of sp³-hybridized carbons (Fsp3) is 0.375. The van der Waals surface area contributed by atoms with Gasteiger partial charge in [0.2, 0.25) is 0 Å². The third-order valence-electron chi connectivity index (χ3n) is 4.08. The molecule has 0 saturated carbocycles. The second kappa shape index (κ2) is 6.66. The zero-order valence-corrected chi connectivity index (χ0v) is 13.9. The number of fused-ring (bicyclic) bond motifs is 1.